The van der Waals surface area contributed by atoms with Gasteiger partial charge >= 0.3 is 0 Å². The number of ether oxygens (including phenoxy) is 1. The van der Waals surface area contributed by atoms with Gasteiger partial charge in [-0.2, -0.15) is 5.26 Å². The molecular weight excluding hydrogens is 300 g/mol. The zero-order chi connectivity index (χ0) is 17.1. The fraction of sp³-hybridized carbons (Fsp3) is 0.400. The van der Waals surface area contributed by atoms with Gasteiger partial charge in [0.2, 0.25) is 0 Å². The molecule has 0 saturated heterocycles. The molecule has 1 N–H and O–H groups in total. The minimum atomic E-state index is -0.293. The Hall–Kier alpha value is -2.54. The highest BCUT2D eigenvalue weighted by atomic mass is 16.5. The average Bonchev–Trinajstić information content (AvgIpc) is 2.59. The maximum Gasteiger partial charge on any atom is 0.266 e. The number of nitriles is 1. The minimum absolute atomic E-state index is 0.192. The second-order valence-corrected chi connectivity index (χ2v) is 7.42. The van der Waals surface area contributed by atoms with Gasteiger partial charge in [-0.25, -0.2) is 0 Å². The Labute approximate surface area is 141 Å². The summed E-state index contributed by atoms with van der Waals surface area (Å²) < 4.78 is 5.49. The predicted molar refractivity (Wildman–Crippen MR) is 92.1 cm³/mol. The summed E-state index contributed by atoms with van der Waals surface area (Å²) in [4.78, 5) is 15.6. The van der Waals surface area contributed by atoms with Crippen molar-refractivity contribution in [2.45, 2.75) is 32.6 Å². The smallest absolute Gasteiger partial charge is 0.266 e. The van der Waals surface area contributed by atoms with Gasteiger partial charge in [-0.3, -0.25) is 4.79 Å². The molecule has 1 aromatic heterocycles. The van der Waals surface area contributed by atoms with E-state index in [-0.39, 0.29) is 16.5 Å². The number of hydrogen-bond donors (Lipinski definition) is 1. The first-order valence-corrected chi connectivity index (χ1v) is 8.31. The Morgan fingerprint density at radius 3 is 2.75 bits per heavy atom. The monoisotopic (exact) mass is 320 g/mol. The number of hydrogen-bond acceptors (Lipinski definition) is 3. The van der Waals surface area contributed by atoms with E-state index in [1.54, 1.807) is 7.11 Å². The van der Waals surface area contributed by atoms with Crippen LogP contribution >= 0.6 is 0 Å². The molecule has 0 unspecified atom stereocenters. The predicted octanol–water partition coefficient (Wildman–Crippen LogP) is 3.61. The molecule has 0 aliphatic heterocycles. The highest BCUT2D eigenvalue weighted by Crippen LogP contribution is 2.62. The third-order valence-corrected chi connectivity index (χ3v) is 6.11. The summed E-state index contributed by atoms with van der Waals surface area (Å²) in [5.74, 6) is 1.65. The summed E-state index contributed by atoms with van der Waals surface area (Å²) >= 11 is 0. The minimum Gasteiger partial charge on any atom is -0.496 e. The van der Waals surface area contributed by atoms with Crippen LogP contribution in [0.1, 0.15) is 43.0 Å². The van der Waals surface area contributed by atoms with Crippen molar-refractivity contribution in [2.24, 2.45) is 11.3 Å². The summed E-state index contributed by atoms with van der Waals surface area (Å²) in [7, 11) is 1.62. The van der Waals surface area contributed by atoms with Crippen LogP contribution in [-0.2, 0) is 6.42 Å². The van der Waals surface area contributed by atoms with Crippen LogP contribution in [0.4, 0.5) is 0 Å². The fourth-order valence-corrected chi connectivity index (χ4v) is 4.52. The Morgan fingerprint density at radius 2 is 2.08 bits per heavy atom. The second kappa shape index (κ2) is 4.98. The zero-order valence-corrected chi connectivity index (χ0v) is 14.1. The van der Waals surface area contributed by atoms with Crippen molar-refractivity contribution in [3.63, 3.8) is 0 Å². The highest BCUT2D eigenvalue weighted by Gasteiger charge is 2.53. The first kappa shape index (κ1) is 15.0. The third kappa shape index (κ3) is 1.81. The van der Waals surface area contributed by atoms with Crippen LogP contribution in [0.15, 0.2) is 29.1 Å². The van der Waals surface area contributed by atoms with Crippen molar-refractivity contribution in [3.8, 4) is 22.9 Å². The van der Waals surface area contributed by atoms with E-state index in [9.17, 15) is 10.1 Å². The van der Waals surface area contributed by atoms with Crippen molar-refractivity contribution >= 4 is 0 Å². The molecule has 122 valence electrons. The molecule has 1 saturated carbocycles. The Kier molecular flexibility index (Phi) is 3.11. The first-order chi connectivity index (χ1) is 11.5. The van der Waals surface area contributed by atoms with Crippen LogP contribution in [-0.4, -0.2) is 12.1 Å². The van der Waals surface area contributed by atoms with Crippen molar-refractivity contribution in [2.75, 3.05) is 7.11 Å². The van der Waals surface area contributed by atoms with E-state index in [4.69, 9.17) is 4.74 Å². The van der Waals surface area contributed by atoms with Crippen LogP contribution in [0.25, 0.3) is 11.1 Å². The molecule has 1 fully saturated rings. The number of rotatable bonds is 2. The van der Waals surface area contributed by atoms with Crippen molar-refractivity contribution in [1.29, 1.82) is 5.26 Å². The molecule has 3 aliphatic carbocycles. The second-order valence-electron chi connectivity index (χ2n) is 7.42. The summed E-state index contributed by atoms with van der Waals surface area (Å²) in [5.41, 5.74) is 3.85. The topological polar surface area (TPSA) is 65.9 Å². The number of aromatic amines is 1. The van der Waals surface area contributed by atoms with Gasteiger partial charge in [0.1, 0.15) is 17.4 Å². The van der Waals surface area contributed by atoms with Crippen LogP contribution < -0.4 is 10.3 Å². The molecule has 2 aromatic rings. The maximum atomic E-state index is 12.6. The van der Waals surface area contributed by atoms with Gasteiger partial charge in [0.25, 0.3) is 5.56 Å². The standard InChI is InChI=1S/C20H20N2O2/c1-20(2)11-8-13-17(12-6-4-5-7-16(12)24-3)14(10-21)19(23)22-18(13)15(20)9-11/h4-7,11,15H,8-9H2,1-3H3,(H,22,23)/t11-,15-/m0/s1. The number of H-pyrrole nitrogens is 1. The van der Waals surface area contributed by atoms with Crippen LogP contribution in [0.5, 0.6) is 5.75 Å². The molecule has 24 heavy (non-hydrogen) atoms. The maximum absolute atomic E-state index is 12.6. The average molecular weight is 320 g/mol. The van der Waals surface area contributed by atoms with Gasteiger partial charge in [-0.1, -0.05) is 32.0 Å². The van der Waals surface area contributed by atoms with Gasteiger partial charge < -0.3 is 9.72 Å². The molecule has 2 bridgehead atoms. The molecule has 0 spiro atoms. The largest absolute Gasteiger partial charge is 0.496 e. The first-order valence-electron chi connectivity index (χ1n) is 8.31. The lowest BCUT2D eigenvalue weighted by molar-refractivity contribution is 0.0155. The number of nitrogens with one attached hydrogen (secondary N) is 1. The molecule has 2 atom stereocenters. The van der Waals surface area contributed by atoms with Crippen molar-refractivity contribution in [3.05, 3.63) is 51.4 Å². The van der Waals surface area contributed by atoms with Gasteiger partial charge in [0.05, 0.1) is 7.11 Å². The highest BCUT2D eigenvalue weighted by molar-refractivity contribution is 5.79. The molecule has 1 aromatic carbocycles. The number of para-hydroxylation sites is 1. The van der Waals surface area contributed by atoms with E-state index in [1.165, 1.54) is 0 Å². The number of pyridine rings is 1. The molecule has 5 rings (SSSR count). The van der Waals surface area contributed by atoms with Crippen LogP contribution in [0.2, 0.25) is 0 Å². The van der Waals surface area contributed by atoms with Gasteiger partial charge in [-0.15, -0.1) is 0 Å². The zero-order valence-electron chi connectivity index (χ0n) is 14.1. The molecular formula is C20H20N2O2. The number of benzene rings is 1. The Bertz CT molecular complexity index is 934. The molecule has 3 aliphatic rings. The van der Waals surface area contributed by atoms with E-state index in [0.29, 0.717) is 17.6 Å². The Morgan fingerprint density at radius 1 is 1.33 bits per heavy atom. The SMILES string of the molecule is COc1ccccc1-c1c2c([nH]c(=O)c1C#N)[C@@H]1C[C@H](C2)C1(C)C. The number of nitrogens with zero attached hydrogens (tertiary/aromatic N) is 1. The van der Waals surface area contributed by atoms with E-state index in [2.05, 4.69) is 24.9 Å². The molecule has 4 nitrogen and oxygen atoms in total. The third-order valence-electron chi connectivity index (χ3n) is 6.11. The summed E-state index contributed by atoms with van der Waals surface area (Å²) in [6.45, 7) is 4.54. The van der Waals surface area contributed by atoms with Gasteiger partial charge in [-0.05, 0) is 35.8 Å². The van der Waals surface area contributed by atoms with Crippen molar-refractivity contribution < 1.29 is 4.74 Å². The number of aromatic nitrogens is 1. The molecule has 0 amide bonds. The number of methoxy groups -OCH3 is 1. The Balaban J connectivity index is 2.05. The van der Waals surface area contributed by atoms with E-state index >= 15 is 0 Å². The summed E-state index contributed by atoms with van der Waals surface area (Å²) in [6, 6.07) is 9.73. The van der Waals surface area contributed by atoms with Gasteiger partial charge in [0, 0.05) is 22.7 Å². The van der Waals surface area contributed by atoms with E-state index in [0.717, 1.165) is 35.2 Å². The molecule has 4 heteroatoms. The van der Waals surface area contributed by atoms with Gasteiger partial charge in [0.15, 0.2) is 0 Å². The summed E-state index contributed by atoms with van der Waals surface area (Å²) in [6.07, 6.45) is 2.02. The normalized spacial score (nSPS) is 22.9. The lowest BCUT2D eigenvalue weighted by Gasteiger charge is -2.57. The lowest BCUT2D eigenvalue weighted by Crippen LogP contribution is -2.49. The van der Waals surface area contributed by atoms with Crippen molar-refractivity contribution in [1.82, 2.24) is 4.98 Å². The summed E-state index contributed by atoms with van der Waals surface area (Å²) in [5, 5.41) is 9.59. The van der Waals surface area contributed by atoms with Crippen LogP contribution in [0, 0.1) is 22.7 Å². The molecule has 1 heterocycles. The van der Waals surface area contributed by atoms with E-state index in [1.807, 2.05) is 24.3 Å². The fourth-order valence-electron chi connectivity index (χ4n) is 4.52. The van der Waals surface area contributed by atoms with E-state index < -0.39 is 0 Å². The van der Waals surface area contributed by atoms with Crippen LogP contribution in [0.3, 0.4) is 0 Å². The quantitative estimate of drug-likeness (QED) is 0.919. The lowest BCUT2D eigenvalue weighted by atomic mass is 9.48. The molecule has 0 radical (unpaired) electrons.